The second kappa shape index (κ2) is 10.7. The standard InChI is InChI=1S/C26H38O/c1-25(2,17-15-23-11-7-5-8-12-23)19-21-27-22-20-26(3,4)18-16-24-13-9-6-10-14-24/h5-14H,15-22H2,1-4H3. The van der Waals surface area contributed by atoms with Crippen LogP contribution in [0.15, 0.2) is 60.7 Å². The van der Waals surface area contributed by atoms with Gasteiger partial charge in [-0.3, -0.25) is 0 Å². The number of hydrogen-bond acceptors (Lipinski definition) is 1. The van der Waals surface area contributed by atoms with Gasteiger partial charge in [0.15, 0.2) is 0 Å². The molecule has 0 aromatic heterocycles. The molecule has 0 heterocycles. The van der Waals surface area contributed by atoms with Crippen molar-refractivity contribution in [3.05, 3.63) is 71.8 Å². The van der Waals surface area contributed by atoms with E-state index >= 15 is 0 Å². The second-order valence-corrected chi connectivity index (χ2v) is 9.41. The van der Waals surface area contributed by atoms with Crippen LogP contribution in [0, 0.1) is 10.8 Å². The molecule has 2 aromatic carbocycles. The van der Waals surface area contributed by atoms with Crippen molar-refractivity contribution in [2.45, 2.75) is 66.2 Å². The molecule has 1 nitrogen and oxygen atoms in total. The minimum Gasteiger partial charge on any atom is -0.381 e. The van der Waals surface area contributed by atoms with E-state index in [0.29, 0.717) is 10.8 Å². The fraction of sp³-hybridized carbons (Fsp3) is 0.538. The molecule has 0 aliphatic heterocycles. The lowest BCUT2D eigenvalue weighted by atomic mass is 9.83. The Balaban J connectivity index is 1.59. The van der Waals surface area contributed by atoms with Gasteiger partial charge in [-0.2, -0.15) is 0 Å². The molecule has 0 radical (unpaired) electrons. The molecule has 0 spiro atoms. The van der Waals surface area contributed by atoms with Gasteiger partial charge in [-0.25, -0.2) is 0 Å². The highest BCUT2D eigenvalue weighted by molar-refractivity contribution is 5.15. The maximum absolute atomic E-state index is 6.01. The highest BCUT2D eigenvalue weighted by Crippen LogP contribution is 2.29. The lowest BCUT2D eigenvalue weighted by Gasteiger charge is -2.26. The third-order valence-electron chi connectivity index (χ3n) is 5.71. The van der Waals surface area contributed by atoms with Crippen LogP contribution in [-0.2, 0) is 17.6 Å². The van der Waals surface area contributed by atoms with E-state index in [9.17, 15) is 0 Å². The summed E-state index contributed by atoms with van der Waals surface area (Å²) in [5, 5.41) is 0. The van der Waals surface area contributed by atoms with Crippen molar-refractivity contribution in [3.63, 3.8) is 0 Å². The van der Waals surface area contributed by atoms with Crippen LogP contribution >= 0.6 is 0 Å². The Morgan fingerprint density at radius 1 is 0.556 bits per heavy atom. The quantitative estimate of drug-likeness (QED) is 0.364. The van der Waals surface area contributed by atoms with Gasteiger partial charge in [-0.15, -0.1) is 0 Å². The van der Waals surface area contributed by atoms with Gasteiger partial charge in [-0.05, 0) is 60.5 Å². The van der Waals surface area contributed by atoms with Crippen molar-refractivity contribution in [1.82, 2.24) is 0 Å². The largest absolute Gasteiger partial charge is 0.381 e. The van der Waals surface area contributed by atoms with Crippen molar-refractivity contribution in [3.8, 4) is 0 Å². The minimum atomic E-state index is 0.332. The summed E-state index contributed by atoms with van der Waals surface area (Å²) >= 11 is 0. The number of ether oxygens (including phenoxy) is 1. The topological polar surface area (TPSA) is 9.23 Å². The average Bonchev–Trinajstić information content (AvgIpc) is 2.66. The van der Waals surface area contributed by atoms with Crippen LogP contribution in [0.2, 0.25) is 0 Å². The molecular formula is C26H38O. The van der Waals surface area contributed by atoms with E-state index in [1.165, 1.54) is 24.0 Å². The highest BCUT2D eigenvalue weighted by atomic mass is 16.5. The van der Waals surface area contributed by atoms with E-state index in [4.69, 9.17) is 4.74 Å². The number of rotatable bonds is 12. The Morgan fingerprint density at radius 2 is 0.926 bits per heavy atom. The van der Waals surface area contributed by atoms with E-state index in [1.54, 1.807) is 0 Å². The highest BCUT2D eigenvalue weighted by Gasteiger charge is 2.19. The van der Waals surface area contributed by atoms with Gasteiger partial charge in [0, 0.05) is 13.2 Å². The molecule has 0 unspecified atom stereocenters. The Morgan fingerprint density at radius 3 is 1.30 bits per heavy atom. The van der Waals surface area contributed by atoms with Crippen LogP contribution in [0.5, 0.6) is 0 Å². The fourth-order valence-electron chi connectivity index (χ4n) is 3.30. The van der Waals surface area contributed by atoms with Gasteiger partial charge >= 0.3 is 0 Å². The summed E-state index contributed by atoms with van der Waals surface area (Å²) in [5.41, 5.74) is 3.54. The summed E-state index contributed by atoms with van der Waals surface area (Å²) in [4.78, 5) is 0. The smallest absolute Gasteiger partial charge is 0.0471 e. The maximum atomic E-state index is 6.01. The van der Waals surface area contributed by atoms with E-state index < -0.39 is 0 Å². The van der Waals surface area contributed by atoms with Crippen LogP contribution < -0.4 is 0 Å². The van der Waals surface area contributed by atoms with Crippen LogP contribution in [0.1, 0.15) is 64.5 Å². The molecule has 0 aliphatic rings. The summed E-state index contributed by atoms with van der Waals surface area (Å²) in [6.07, 6.45) is 6.99. The van der Waals surface area contributed by atoms with Crippen LogP contribution in [-0.4, -0.2) is 13.2 Å². The predicted molar refractivity (Wildman–Crippen MR) is 117 cm³/mol. The summed E-state index contributed by atoms with van der Waals surface area (Å²) in [6.45, 7) is 11.2. The lowest BCUT2D eigenvalue weighted by molar-refractivity contribution is 0.0778. The third kappa shape index (κ3) is 9.24. The number of aryl methyl sites for hydroxylation is 2. The van der Waals surface area contributed by atoms with E-state index in [-0.39, 0.29) is 0 Å². The molecule has 148 valence electrons. The molecule has 2 aromatic rings. The van der Waals surface area contributed by atoms with E-state index in [0.717, 1.165) is 38.9 Å². The van der Waals surface area contributed by atoms with Gasteiger partial charge in [0.25, 0.3) is 0 Å². The molecule has 0 saturated heterocycles. The van der Waals surface area contributed by atoms with Crippen molar-refractivity contribution in [2.24, 2.45) is 10.8 Å². The third-order valence-corrected chi connectivity index (χ3v) is 5.71. The monoisotopic (exact) mass is 366 g/mol. The second-order valence-electron chi connectivity index (χ2n) is 9.41. The minimum absolute atomic E-state index is 0.332. The van der Waals surface area contributed by atoms with Crippen molar-refractivity contribution < 1.29 is 4.74 Å². The van der Waals surface area contributed by atoms with E-state index in [1.807, 2.05) is 0 Å². The van der Waals surface area contributed by atoms with Gasteiger partial charge in [0.05, 0.1) is 0 Å². The zero-order valence-corrected chi connectivity index (χ0v) is 17.8. The van der Waals surface area contributed by atoms with Crippen LogP contribution in [0.3, 0.4) is 0 Å². The van der Waals surface area contributed by atoms with Crippen LogP contribution in [0.25, 0.3) is 0 Å². The molecular weight excluding hydrogens is 328 g/mol. The summed E-state index contributed by atoms with van der Waals surface area (Å²) < 4.78 is 6.01. The summed E-state index contributed by atoms with van der Waals surface area (Å²) in [6, 6.07) is 21.6. The normalized spacial score (nSPS) is 12.3. The molecule has 27 heavy (non-hydrogen) atoms. The van der Waals surface area contributed by atoms with Gasteiger partial charge in [0.2, 0.25) is 0 Å². The number of hydrogen-bond donors (Lipinski definition) is 0. The number of benzene rings is 2. The molecule has 0 bridgehead atoms. The SMILES string of the molecule is CC(C)(CCOCCC(C)(C)CCc1ccccc1)CCc1ccccc1. The van der Waals surface area contributed by atoms with Crippen LogP contribution in [0.4, 0.5) is 0 Å². The average molecular weight is 367 g/mol. The Kier molecular flexibility index (Phi) is 8.57. The molecule has 0 atom stereocenters. The van der Waals surface area contributed by atoms with Crippen molar-refractivity contribution in [2.75, 3.05) is 13.2 Å². The summed E-state index contributed by atoms with van der Waals surface area (Å²) in [5.74, 6) is 0. The molecule has 0 N–H and O–H groups in total. The molecule has 0 amide bonds. The van der Waals surface area contributed by atoms with Crippen molar-refractivity contribution in [1.29, 1.82) is 0 Å². The predicted octanol–water partition coefficient (Wildman–Crippen LogP) is 7.10. The first kappa shape index (κ1) is 21.7. The van der Waals surface area contributed by atoms with Gasteiger partial charge in [-0.1, -0.05) is 88.4 Å². The Labute approximate surface area is 167 Å². The first-order chi connectivity index (χ1) is 12.9. The Bertz CT molecular complexity index is 570. The first-order valence-electron chi connectivity index (χ1n) is 10.5. The molecule has 2 rings (SSSR count). The summed E-state index contributed by atoms with van der Waals surface area (Å²) in [7, 11) is 0. The van der Waals surface area contributed by atoms with Gasteiger partial charge < -0.3 is 4.74 Å². The lowest BCUT2D eigenvalue weighted by Crippen LogP contribution is -2.18. The molecule has 1 heteroatoms. The zero-order chi connectivity index (χ0) is 19.6. The van der Waals surface area contributed by atoms with Crippen molar-refractivity contribution >= 4 is 0 Å². The molecule has 0 saturated carbocycles. The molecule has 0 aliphatic carbocycles. The fourth-order valence-corrected chi connectivity index (χ4v) is 3.30. The molecule has 0 fully saturated rings. The Hall–Kier alpha value is -1.60. The van der Waals surface area contributed by atoms with Gasteiger partial charge in [0.1, 0.15) is 0 Å². The van der Waals surface area contributed by atoms with E-state index in [2.05, 4.69) is 88.4 Å². The maximum Gasteiger partial charge on any atom is 0.0471 e. The first-order valence-corrected chi connectivity index (χ1v) is 10.5. The zero-order valence-electron chi connectivity index (χ0n) is 17.8.